The van der Waals surface area contributed by atoms with E-state index in [1.807, 2.05) is 0 Å². The first-order chi connectivity index (χ1) is 4.83. The standard InChI is InChI=1S/C5H8N3O2/c1-4-7-5(10-8-4)6-2-3-9/h2-3H2,1H3,(H,6,7,8). The van der Waals surface area contributed by atoms with E-state index in [0.29, 0.717) is 18.4 Å². The third kappa shape index (κ3) is 1.70. The molecule has 55 valence electrons. The van der Waals surface area contributed by atoms with Gasteiger partial charge in [0.1, 0.15) is 0 Å². The number of aromatic nitrogens is 2. The van der Waals surface area contributed by atoms with Gasteiger partial charge in [0.2, 0.25) is 0 Å². The first kappa shape index (κ1) is 7.01. The number of nitrogens with one attached hydrogen (secondary N) is 1. The van der Waals surface area contributed by atoms with Crippen LogP contribution in [0.15, 0.2) is 4.52 Å². The third-order valence-corrected chi connectivity index (χ3v) is 0.906. The molecule has 1 radical (unpaired) electrons. The van der Waals surface area contributed by atoms with E-state index < -0.39 is 0 Å². The summed E-state index contributed by atoms with van der Waals surface area (Å²) >= 11 is 0. The minimum atomic E-state index is -0.193. The van der Waals surface area contributed by atoms with Crippen molar-refractivity contribution >= 4 is 6.01 Å². The van der Waals surface area contributed by atoms with Gasteiger partial charge in [-0.25, -0.2) is 5.11 Å². The van der Waals surface area contributed by atoms with Crippen molar-refractivity contribution < 1.29 is 9.63 Å². The molecule has 10 heavy (non-hydrogen) atoms. The van der Waals surface area contributed by atoms with Crippen molar-refractivity contribution in [3.63, 3.8) is 0 Å². The Morgan fingerprint density at radius 2 is 2.50 bits per heavy atom. The molecule has 0 unspecified atom stereocenters. The van der Waals surface area contributed by atoms with Crippen molar-refractivity contribution in [3.05, 3.63) is 5.82 Å². The van der Waals surface area contributed by atoms with Gasteiger partial charge < -0.3 is 9.84 Å². The van der Waals surface area contributed by atoms with Crippen LogP contribution in [-0.2, 0) is 5.11 Å². The molecule has 1 N–H and O–H groups in total. The molecule has 0 amide bonds. The summed E-state index contributed by atoms with van der Waals surface area (Å²) in [5.41, 5.74) is 0. The average molecular weight is 142 g/mol. The number of rotatable bonds is 3. The average Bonchev–Trinajstić information content (AvgIpc) is 2.31. The van der Waals surface area contributed by atoms with Crippen LogP contribution >= 0.6 is 0 Å². The van der Waals surface area contributed by atoms with Crippen molar-refractivity contribution in [2.24, 2.45) is 0 Å². The normalized spacial score (nSPS) is 9.80. The lowest BCUT2D eigenvalue weighted by Gasteiger charge is -1.91. The largest absolute Gasteiger partial charge is 0.335 e. The molecule has 0 aromatic carbocycles. The highest BCUT2D eigenvalue weighted by Crippen LogP contribution is 1.99. The maximum absolute atomic E-state index is 9.96. The fraction of sp³-hybridized carbons (Fsp3) is 0.600. The molecule has 1 rings (SSSR count). The van der Waals surface area contributed by atoms with Gasteiger partial charge in [-0.15, -0.1) is 0 Å². The number of nitrogens with zero attached hydrogens (tertiary/aromatic N) is 2. The molecule has 5 heteroatoms. The Balaban J connectivity index is 2.42. The molecule has 0 spiro atoms. The zero-order valence-electron chi connectivity index (χ0n) is 5.63. The van der Waals surface area contributed by atoms with E-state index >= 15 is 0 Å². The van der Waals surface area contributed by atoms with Crippen molar-refractivity contribution in [2.75, 3.05) is 18.5 Å². The minimum Gasteiger partial charge on any atom is -0.335 e. The van der Waals surface area contributed by atoms with Crippen molar-refractivity contribution in [3.8, 4) is 0 Å². The van der Waals surface area contributed by atoms with Gasteiger partial charge in [0.25, 0.3) is 0 Å². The smallest absolute Gasteiger partial charge is 0.321 e. The number of hydrogen-bond donors (Lipinski definition) is 1. The molecule has 5 nitrogen and oxygen atoms in total. The van der Waals surface area contributed by atoms with E-state index in [4.69, 9.17) is 0 Å². The molecule has 1 heterocycles. The quantitative estimate of drug-likeness (QED) is 0.655. The van der Waals surface area contributed by atoms with Gasteiger partial charge >= 0.3 is 6.01 Å². The summed E-state index contributed by atoms with van der Waals surface area (Å²) < 4.78 is 4.66. The van der Waals surface area contributed by atoms with Crippen LogP contribution in [0, 0.1) is 6.92 Å². The lowest BCUT2D eigenvalue weighted by atomic mass is 10.7. The molecule has 0 aliphatic heterocycles. The summed E-state index contributed by atoms with van der Waals surface area (Å²) in [5.74, 6) is 0.563. The van der Waals surface area contributed by atoms with Crippen LogP contribution in [0.2, 0.25) is 0 Å². The van der Waals surface area contributed by atoms with Gasteiger partial charge in [0, 0.05) is 6.54 Å². The molecule has 0 fully saturated rings. The van der Waals surface area contributed by atoms with Gasteiger partial charge in [-0.1, -0.05) is 5.16 Å². The van der Waals surface area contributed by atoms with Gasteiger partial charge in [0.15, 0.2) is 5.82 Å². The van der Waals surface area contributed by atoms with E-state index in [0.717, 1.165) is 0 Å². The Morgan fingerprint density at radius 1 is 1.70 bits per heavy atom. The van der Waals surface area contributed by atoms with E-state index in [2.05, 4.69) is 20.0 Å². The lowest BCUT2D eigenvalue weighted by Crippen LogP contribution is -2.04. The SMILES string of the molecule is Cc1noc(NCC[O])n1. The second-order valence-electron chi connectivity index (χ2n) is 1.78. The molecule has 0 aliphatic carbocycles. The Bertz CT molecular complexity index is 199. The Kier molecular flexibility index (Phi) is 2.22. The maximum atomic E-state index is 9.96. The summed E-state index contributed by atoms with van der Waals surface area (Å²) in [5, 5.41) is 16.1. The minimum absolute atomic E-state index is 0.193. The van der Waals surface area contributed by atoms with Crippen LogP contribution in [0.5, 0.6) is 0 Å². The topological polar surface area (TPSA) is 70.8 Å². The molecule has 0 saturated heterocycles. The maximum Gasteiger partial charge on any atom is 0.321 e. The van der Waals surface area contributed by atoms with E-state index in [-0.39, 0.29) is 6.61 Å². The molecular weight excluding hydrogens is 134 g/mol. The number of hydrogen-bond acceptors (Lipinski definition) is 4. The molecule has 0 bridgehead atoms. The first-order valence-corrected chi connectivity index (χ1v) is 2.95. The zero-order valence-corrected chi connectivity index (χ0v) is 5.63. The Labute approximate surface area is 58.1 Å². The van der Waals surface area contributed by atoms with E-state index in [1.54, 1.807) is 6.92 Å². The van der Waals surface area contributed by atoms with Gasteiger partial charge in [-0.3, -0.25) is 0 Å². The van der Waals surface area contributed by atoms with Crippen molar-refractivity contribution in [2.45, 2.75) is 6.92 Å². The van der Waals surface area contributed by atoms with Crippen LogP contribution in [-0.4, -0.2) is 23.3 Å². The molecule has 0 aliphatic rings. The summed E-state index contributed by atoms with van der Waals surface area (Å²) in [7, 11) is 0. The summed E-state index contributed by atoms with van der Waals surface area (Å²) in [4.78, 5) is 3.82. The fourth-order valence-corrected chi connectivity index (χ4v) is 0.527. The predicted octanol–water partition coefficient (Wildman–Crippen LogP) is 0.220. The molecule has 1 aromatic heterocycles. The van der Waals surface area contributed by atoms with Crippen LogP contribution < -0.4 is 5.32 Å². The highest BCUT2D eigenvalue weighted by atomic mass is 16.5. The summed E-state index contributed by atoms with van der Waals surface area (Å²) in [6.45, 7) is 1.84. The highest BCUT2D eigenvalue weighted by molar-refractivity contribution is 5.17. The van der Waals surface area contributed by atoms with E-state index in [1.165, 1.54) is 0 Å². The second kappa shape index (κ2) is 3.17. The zero-order chi connectivity index (χ0) is 7.40. The Morgan fingerprint density at radius 3 is 3.00 bits per heavy atom. The van der Waals surface area contributed by atoms with Crippen LogP contribution in [0.1, 0.15) is 5.82 Å². The molecule has 0 saturated carbocycles. The highest BCUT2D eigenvalue weighted by Gasteiger charge is 1.98. The van der Waals surface area contributed by atoms with Gasteiger partial charge in [-0.2, -0.15) is 4.98 Å². The van der Waals surface area contributed by atoms with Gasteiger partial charge in [-0.05, 0) is 6.92 Å². The lowest BCUT2D eigenvalue weighted by molar-refractivity contribution is 0.205. The first-order valence-electron chi connectivity index (χ1n) is 2.95. The predicted molar refractivity (Wildman–Crippen MR) is 33.1 cm³/mol. The van der Waals surface area contributed by atoms with Crippen molar-refractivity contribution in [1.29, 1.82) is 0 Å². The molecule has 1 aromatic rings. The van der Waals surface area contributed by atoms with Crippen LogP contribution in [0.4, 0.5) is 6.01 Å². The third-order valence-electron chi connectivity index (χ3n) is 0.906. The van der Waals surface area contributed by atoms with Gasteiger partial charge in [0.05, 0.1) is 6.61 Å². The van der Waals surface area contributed by atoms with Crippen LogP contribution in [0.25, 0.3) is 0 Å². The monoisotopic (exact) mass is 142 g/mol. The van der Waals surface area contributed by atoms with Crippen LogP contribution in [0.3, 0.4) is 0 Å². The van der Waals surface area contributed by atoms with Crippen molar-refractivity contribution in [1.82, 2.24) is 10.1 Å². The number of aryl methyl sites for hydroxylation is 1. The number of anilines is 1. The summed E-state index contributed by atoms with van der Waals surface area (Å²) in [6, 6.07) is 0.313. The Hall–Kier alpha value is -1.10. The second-order valence-corrected chi connectivity index (χ2v) is 1.78. The molecule has 0 atom stereocenters. The van der Waals surface area contributed by atoms with E-state index in [9.17, 15) is 5.11 Å². The fourth-order valence-electron chi connectivity index (χ4n) is 0.527. The summed E-state index contributed by atoms with van der Waals surface area (Å²) in [6.07, 6.45) is 0. The molecular formula is C5H8N3O2.